The highest BCUT2D eigenvalue weighted by molar-refractivity contribution is 9.11. The SMILES string of the molecule is CCNc1nc(CC)nc(Nc2cc(Br)ccc2Br)c1C. The van der Waals surface area contributed by atoms with Crippen LogP contribution >= 0.6 is 31.9 Å². The zero-order valence-corrected chi connectivity index (χ0v) is 15.5. The van der Waals surface area contributed by atoms with Crippen LogP contribution in [0.25, 0.3) is 0 Å². The Morgan fingerprint density at radius 1 is 1.10 bits per heavy atom. The first kappa shape index (κ1) is 16.2. The number of nitrogens with one attached hydrogen (secondary N) is 2. The Kier molecular flexibility index (Phi) is 5.58. The van der Waals surface area contributed by atoms with Crippen LogP contribution in [-0.2, 0) is 6.42 Å². The van der Waals surface area contributed by atoms with E-state index in [0.717, 1.165) is 50.6 Å². The Labute approximate surface area is 142 Å². The molecular weight excluding hydrogens is 396 g/mol. The van der Waals surface area contributed by atoms with Crippen molar-refractivity contribution in [3.05, 3.63) is 38.5 Å². The van der Waals surface area contributed by atoms with E-state index in [9.17, 15) is 0 Å². The van der Waals surface area contributed by atoms with Crippen LogP contribution in [-0.4, -0.2) is 16.5 Å². The van der Waals surface area contributed by atoms with E-state index in [-0.39, 0.29) is 0 Å². The minimum Gasteiger partial charge on any atom is -0.370 e. The highest BCUT2D eigenvalue weighted by atomic mass is 79.9. The number of hydrogen-bond donors (Lipinski definition) is 2. The number of aromatic nitrogens is 2. The number of hydrogen-bond acceptors (Lipinski definition) is 4. The third kappa shape index (κ3) is 3.95. The van der Waals surface area contributed by atoms with E-state index >= 15 is 0 Å². The lowest BCUT2D eigenvalue weighted by molar-refractivity contribution is 0.930. The van der Waals surface area contributed by atoms with E-state index in [1.54, 1.807) is 0 Å². The average Bonchev–Trinajstić information content (AvgIpc) is 2.47. The predicted octanol–water partition coefficient (Wildman–Crippen LogP) is 5.05. The maximum Gasteiger partial charge on any atom is 0.139 e. The van der Waals surface area contributed by atoms with Crippen LogP contribution in [0.4, 0.5) is 17.3 Å². The van der Waals surface area contributed by atoms with Gasteiger partial charge in [-0.25, -0.2) is 9.97 Å². The topological polar surface area (TPSA) is 49.8 Å². The summed E-state index contributed by atoms with van der Waals surface area (Å²) in [6, 6.07) is 6.00. The predicted molar refractivity (Wildman–Crippen MR) is 95.4 cm³/mol. The van der Waals surface area contributed by atoms with Crippen LogP contribution in [0.5, 0.6) is 0 Å². The summed E-state index contributed by atoms with van der Waals surface area (Å²) >= 11 is 7.04. The van der Waals surface area contributed by atoms with Crippen molar-refractivity contribution in [2.24, 2.45) is 0 Å². The maximum atomic E-state index is 4.60. The first-order valence-corrected chi connectivity index (χ1v) is 8.47. The van der Waals surface area contributed by atoms with E-state index in [0.29, 0.717) is 0 Å². The van der Waals surface area contributed by atoms with Gasteiger partial charge in [0.05, 0.1) is 5.69 Å². The molecule has 0 amide bonds. The molecule has 21 heavy (non-hydrogen) atoms. The molecule has 1 aromatic heterocycles. The van der Waals surface area contributed by atoms with Crippen molar-refractivity contribution < 1.29 is 0 Å². The molecule has 0 fully saturated rings. The van der Waals surface area contributed by atoms with Gasteiger partial charge < -0.3 is 10.6 Å². The van der Waals surface area contributed by atoms with Crippen molar-refractivity contribution in [1.82, 2.24) is 9.97 Å². The molecule has 4 nitrogen and oxygen atoms in total. The number of anilines is 3. The zero-order chi connectivity index (χ0) is 15.4. The minimum absolute atomic E-state index is 0.799. The number of rotatable bonds is 5. The van der Waals surface area contributed by atoms with Gasteiger partial charge in [0.25, 0.3) is 0 Å². The van der Waals surface area contributed by atoms with E-state index < -0.39 is 0 Å². The molecular formula is C15H18Br2N4. The normalized spacial score (nSPS) is 10.5. The fraction of sp³-hybridized carbons (Fsp3) is 0.333. The summed E-state index contributed by atoms with van der Waals surface area (Å²) in [7, 11) is 0. The van der Waals surface area contributed by atoms with Gasteiger partial charge in [0.2, 0.25) is 0 Å². The van der Waals surface area contributed by atoms with Crippen LogP contribution in [0.2, 0.25) is 0 Å². The molecule has 2 aromatic rings. The number of benzene rings is 1. The molecule has 0 unspecified atom stereocenters. The quantitative estimate of drug-likeness (QED) is 0.720. The second kappa shape index (κ2) is 7.22. The molecule has 0 radical (unpaired) electrons. The Balaban J connectivity index is 2.43. The highest BCUT2D eigenvalue weighted by Gasteiger charge is 2.11. The van der Waals surface area contributed by atoms with Gasteiger partial charge in [0.1, 0.15) is 17.5 Å². The summed E-state index contributed by atoms with van der Waals surface area (Å²) < 4.78 is 2.01. The Morgan fingerprint density at radius 2 is 1.81 bits per heavy atom. The summed E-state index contributed by atoms with van der Waals surface area (Å²) in [5.74, 6) is 2.54. The molecule has 0 aliphatic carbocycles. The molecule has 0 saturated heterocycles. The highest BCUT2D eigenvalue weighted by Crippen LogP contribution is 2.30. The van der Waals surface area contributed by atoms with Crippen molar-refractivity contribution in [2.45, 2.75) is 27.2 Å². The lowest BCUT2D eigenvalue weighted by Gasteiger charge is -2.15. The van der Waals surface area contributed by atoms with Crippen LogP contribution < -0.4 is 10.6 Å². The first-order chi connectivity index (χ1) is 10.0. The fourth-order valence-corrected chi connectivity index (χ4v) is 2.61. The first-order valence-electron chi connectivity index (χ1n) is 6.88. The van der Waals surface area contributed by atoms with Crippen molar-refractivity contribution >= 4 is 49.2 Å². The molecule has 0 atom stereocenters. The summed E-state index contributed by atoms with van der Waals surface area (Å²) in [4.78, 5) is 9.14. The smallest absolute Gasteiger partial charge is 0.139 e. The lowest BCUT2D eigenvalue weighted by atomic mass is 10.2. The Hall–Kier alpha value is -1.14. The molecule has 112 valence electrons. The van der Waals surface area contributed by atoms with Gasteiger partial charge in [-0.15, -0.1) is 0 Å². The monoisotopic (exact) mass is 412 g/mol. The molecule has 0 aliphatic rings. The molecule has 0 bridgehead atoms. The van der Waals surface area contributed by atoms with Gasteiger partial charge in [-0.1, -0.05) is 22.9 Å². The van der Waals surface area contributed by atoms with Crippen LogP contribution in [0.15, 0.2) is 27.1 Å². The second-order valence-electron chi connectivity index (χ2n) is 4.60. The zero-order valence-electron chi connectivity index (χ0n) is 12.3. The van der Waals surface area contributed by atoms with Gasteiger partial charge in [-0.2, -0.15) is 0 Å². The third-order valence-electron chi connectivity index (χ3n) is 3.03. The van der Waals surface area contributed by atoms with Crippen molar-refractivity contribution in [3.63, 3.8) is 0 Å². The van der Waals surface area contributed by atoms with Crippen molar-refractivity contribution in [3.8, 4) is 0 Å². The standard InChI is InChI=1S/C15H18Br2N4/c1-4-13-20-14(18-5-2)9(3)15(21-13)19-12-8-10(16)6-7-11(12)17/h6-8H,4-5H2,1-3H3,(H2,18,19,20,21). The van der Waals surface area contributed by atoms with E-state index in [1.807, 2.05) is 25.1 Å². The van der Waals surface area contributed by atoms with E-state index in [1.165, 1.54) is 0 Å². The Bertz CT molecular complexity index is 644. The molecule has 6 heteroatoms. The van der Waals surface area contributed by atoms with Gasteiger partial charge in [0, 0.05) is 27.5 Å². The van der Waals surface area contributed by atoms with Crippen LogP contribution in [0.3, 0.4) is 0 Å². The van der Waals surface area contributed by atoms with Gasteiger partial charge in [-0.05, 0) is 48.0 Å². The summed E-state index contributed by atoms with van der Waals surface area (Å²) in [5, 5.41) is 6.68. The third-order valence-corrected chi connectivity index (χ3v) is 4.22. The molecule has 0 saturated carbocycles. The van der Waals surface area contributed by atoms with Crippen molar-refractivity contribution in [1.29, 1.82) is 0 Å². The summed E-state index contributed by atoms with van der Waals surface area (Å²) in [6.45, 7) is 6.97. The van der Waals surface area contributed by atoms with E-state index in [2.05, 4.69) is 66.3 Å². The van der Waals surface area contributed by atoms with Gasteiger partial charge in [-0.3, -0.25) is 0 Å². The number of aryl methyl sites for hydroxylation is 1. The largest absolute Gasteiger partial charge is 0.370 e. The lowest BCUT2D eigenvalue weighted by Crippen LogP contribution is -2.09. The maximum absolute atomic E-state index is 4.60. The molecule has 1 heterocycles. The number of halogens is 2. The van der Waals surface area contributed by atoms with Crippen molar-refractivity contribution in [2.75, 3.05) is 17.2 Å². The van der Waals surface area contributed by atoms with Gasteiger partial charge >= 0.3 is 0 Å². The second-order valence-corrected chi connectivity index (χ2v) is 6.37. The van der Waals surface area contributed by atoms with Gasteiger partial charge in [0.15, 0.2) is 0 Å². The minimum atomic E-state index is 0.799. The average molecular weight is 414 g/mol. The van der Waals surface area contributed by atoms with Crippen LogP contribution in [0, 0.1) is 6.92 Å². The Morgan fingerprint density at radius 3 is 2.48 bits per heavy atom. The molecule has 2 N–H and O–H groups in total. The molecule has 0 spiro atoms. The fourth-order valence-electron chi connectivity index (χ4n) is 1.90. The summed E-state index contributed by atoms with van der Waals surface area (Å²) in [6.07, 6.45) is 0.799. The molecule has 0 aliphatic heterocycles. The number of nitrogens with zero attached hydrogens (tertiary/aromatic N) is 2. The summed E-state index contributed by atoms with van der Waals surface area (Å²) in [5.41, 5.74) is 1.98. The molecule has 1 aromatic carbocycles. The van der Waals surface area contributed by atoms with E-state index in [4.69, 9.17) is 0 Å². The molecule has 2 rings (SSSR count). The van der Waals surface area contributed by atoms with Crippen LogP contribution in [0.1, 0.15) is 25.2 Å².